The molecule has 2 nitrogen and oxygen atoms in total. The Labute approximate surface area is 82.8 Å². The molecule has 0 aromatic heterocycles. The van der Waals surface area contributed by atoms with Crippen molar-refractivity contribution in [3.8, 4) is 5.75 Å². The Hall–Kier alpha value is -1.09. The minimum atomic E-state index is -1.29. The zero-order chi connectivity index (χ0) is 10.2. The third-order valence-electron chi connectivity index (χ3n) is 2.98. The lowest BCUT2D eigenvalue weighted by atomic mass is 9.81. The van der Waals surface area contributed by atoms with Crippen molar-refractivity contribution < 1.29 is 9.50 Å². The smallest absolute Gasteiger partial charge is 0.138 e. The van der Waals surface area contributed by atoms with Gasteiger partial charge >= 0.3 is 0 Å². The second-order valence-electron chi connectivity index (χ2n) is 3.98. The van der Waals surface area contributed by atoms with Crippen LogP contribution >= 0.6 is 0 Å². The van der Waals surface area contributed by atoms with Gasteiger partial charge in [-0.05, 0) is 24.6 Å². The highest BCUT2D eigenvalue weighted by atomic mass is 19.1. The van der Waals surface area contributed by atoms with Crippen molar-refractivity contribution in [1.82, 2.24) is 5.32 Å². The van der Waals surface area contributed by atoms with Gasteiger partial charge in [0.05, 0.1) is 0 Å². The molecule has 1 heterocycles. The first kappa shape index (κ1) is 9.46. The first-order valence-electron chi connectivity index (χ1n) is 4.80. The second kappa shape index (κ2) is 3.24. The molecule has 1 saturated heterocycles. The van der Waals surface area contributed by atoms with Crippen LogP contribution in [0.25, 0.3) is 0 Å². The third kappa shape index (κ3) is 1.48. The van der Waals surface area contributed by atoms with E-state index in [0.29, 0.717) is 5.56 Å². The molecule has 0 bridgehead atoms. The molecule has 2 N–H and O–H groups in total. The first-order valence-corrected chi connectivity index (χ1v) is 4.80. The van der Waals surface area contributed by atoms with E-state index in [0.717, 1.165) is 13.1 Å². The number of hydrogen-bond acceptors (Lipinski definition) is 2. The maximum absolute atomic E-state index is 14.3. The molecule has 1 unspecified atom stereocenters. The van der Waals surface area contributed by atoms with Crippen LogP contribution in [-0.2, 0) is 5.67 Å². The van der Waals surface area contributed by atoms with Gasteiger partial charge in [0, 0.05) is 19.0 Å². The second-order valence-corrected chi connectivity index (χ2v) is 3.98. The maximum Gasteiger partial charge on any atom is 0.138 e. The van der Waals surface area contributed by atoms with Gasteiger partial charge in [-0.3, -0.25) is 0 Å². The first-order chi connectivity index (χ1) is 6.60. The fourth-order valence-electron chi connectivity index (χ4n) is 1.70. The number of rotatable bonds is 2. The number of halogens is 1. The molecule has 14 heavy (non-hydrogen) atoms. The largest absolute Gasteiger partial charge is 0.508 e. The van der Waals surface area contributed by atoms with E-state index in [1.165, 1.54) is 12.1 Å². The Morgan fingerprint density at radius 2 is 1.93 bits per heavy atom. The molecule has 1 fully saturated rings. The van der Waals surface area contributed by atoms with E-state index in [2.05, 4.69) is 5.32 Å². The van der Waals surface area contributed by atoms with Crippen molar-refractivity contribution in [2.24, 2.45) is 5.92 Å². The summed E-state index contributed by atoms with van der Waals surface area (Å²) < 4.78 is 14.3. The number of phenolic OH excluding ortho intramolecular Hbond substituents is 1. The van der Waals surface area contributed by atoms with E-state index in [4.69, 9.17) is 5.11 Å². The predicted octanol–water partition coefficient (Wildman–Crippen LogP) is 1.80. The molecule has 76 valence electrons. The molecular weight excluding hydrogens is 181 g/mol. The lowest BCUT2D eigenvalue weighted by Gasteiger charge is -2.37. The molecule has 0 spiro atoms. The van der Waals surface area contributed by atoms with Crippen molar-refractivity contribution in [2.45, 2.75) is 12.6 Å². The molecule has 1 aliphatic heterocycles. The molecule has 1 atom stereocenters. The normalized spacial score (nSPS) is 21.3. The average molecular weight is 195 g/mol. The lowest BCUT2D eigenvalue weighted by Crippen LogP contribution is -2.51. The molecule has 0 aliphatic carbocycles. The van der Waals surface area contributed by atoms with E-state index in [9.17, 15) is 4.39 Å². The van der Waals surface area contributed by atoms with E-state index < -0.39 is 5.67 Å². The Bertz CT molecular complexity index is 317. The van der Waals surface area contributed by atoms with Gasteiger partial charge in [0.1, 0.15) is 11.4 Å². The number of aromatic hydroxyl groups is 1. The molecule has 1 aliphatic rings. The van der Waals surface area contributed by atoms with Gasteiger partial charge < -0.3 is 10.4 Å². The maximum atomic E-state index is 14.3. The highest BCUT2D eigenvalue weighted by molar-refractivity contribution is 5.30. The van der Waals surface area contributed by atoms with Crippen LogP contribution in [0.3, 0.4) is 0 Å². The summed E-state index contributed by atoms with van der Waals surface area (Å²) in [7, 11) is 0. The molecule has 3 heteroatoms. The van der Waals surface area contributed by atoms with Crippen LogP contribution in [-0.4, -0.2) is 18.2 Å². The van der Waals surface area contributed by atoms with Crippen LogP contribution in [0.2, 0.25) is 0 Å². The zero-order valence-corrected chi connectivity index (χ0v) is 8.13. The van der Waals surface area contributed by atoms with Crippen molar-refractivity contribution in [3.05, 3.63) is 29.8 Å². The van der Waals surface area contributed by atoms with Gasteiger partial charge in [0.15, 0.2) is 0 Å². The fourth-order valence-corrected chi connectivity index (χ4v) is 1.70. The summed E-state index contributed by atoms with van der Waals surface area (Å²) in [5.41, 5.74) is -0.652. The summed E-state index contributed by atoms with van der Waals surface area (Å²) in [6, 6.07) is 6.35. The molecule has 0 saturated carbocycles. The highest BCUT2D eigenvalue weighted by Crippen LogP contribution is 2.36. The summed E-state index contributed by atoms with van der Waals surface area (Å²) in [5.74, 6) is 0.225. The molecule has 0 amide bonds. The fraction of sp³-hybridized carbons (Fsp3) is 0.455. The van der Waals surface area contributed by atoms with Crippen LogP contribution in [0.5, 0.6) is 5.75 Å². The third-order valence-corrected chi connectivity index (χ3v) is 2.98. The molecular formula is C11H14FNO. The summed E-state index contributed by atoms with van der Waals surface area (Å²) in [4.78, 5) is 0. The summed E-state index contributed by atoms with van der Waals surface area (Å²) >= 11 is 0. The van der Waals surface area contributed by atoms with E-state index in [-0.39, 0.29) is 11.7 Å². The van der Waals surface area contributed by atoms with Gasteiger partial charge in [-0.25, -0.2) is 4.39 Å². The molecule has 2 rings (SSSR count). The van der Waals surface area contributed by atoms with Gasteiger partial charge in [-0.1, -0.05) is 12.1 Å². The van der Waals surface area contributed by atoms with Crippen LogP contribution in [0.15, 0.2) is 24.3 Å². The van der Waals surface area contributed by atoms with Gasteiger partial charge in [-0.2, -0.15) is 0 Å². The van der Waals surface area contributed by atoms with Crippen molar-refractivity contribution >= 4 is 0 Å². The quantitative estimate of drug-likeness (QED) is 0.754. The molecule has 1 aromatic carbocycles. The Morgan fingerprint density at radius 3 is 2.36 bits per heavy atom. The number of alkyl halides is 1. The SMILES string of the molecule is CC(F)(c1ccc(O)cc1)C1CNC1. The van der Waals surface area contributed by atoms with Gasteiger partial charge in [-0.15, -0.1) is 0 Å². The standard InChI is InChI=1S/C11H14FNO/c1-11(12,9-6-13-7-9)8-2-4-10(14)5-3-8/h2-5,9,13-14H,6-7H2,1H3. The van der Waals surface area contributed by atoms with Crippen LogP contribution < -0.4 is 5.32 Å². The monoisotopic (exact) mass is 195 g/mol. The van der Waals surface area contributed by atoms with Gasteiger partial charge in [0.2, 0.25) is 0 Å². The minimum Gasteiger partial charge on any atom is -0.508 e. The van der Waals surface area contributed by atoms with Crippen LogP contribution in [0.4, 0.5) is 4.39 Å². The van der Waals surface area contributed by atoms with E-state index in [1.54, 1.807) is 19.1 Å². The predicted molar refractivity (Wildman–Crippen MR) is 52.9 cm³/mol. The Morgan fingerprint density at radius 1 is 1.36 bits per heavy atom. The summed E-state index contributed by atoms with van der Waals surface area (Å²) in [6.07, 6.45) is 0. The topological polar surface area (TPSA) is 32.3 Å². The van der Waals surface area contributed by atoms with Crippen LogP contribution in [0.1, 0.15) is 12.5 Å². The van der Waals surface area contributed by atoms with Crippen molar-refractivity contribution in [1.29, 1.82) is 0 Å². The summed E-state index contributed by atoms with van der Waals surface area (Å²) in [5, 5.41) is 12.2. The Balaban J connectivity index is 2.23. The number of benzene rings is 1. The summed E-state index contributed by atoms with van der Waals surface area (Å²) in [6.45, 7) is 3.06. The van der Waals surface area contributed by atoms with Crippen molar-refractivity contribution in [2.75, 3.05) is 13.1 Å². The molecule has 1 aromatic rings. The minimum absolute atomic E-state index is 0.0482. The number of phenols is 1. The van der Waals surface area contributed by atoms with E-state index >= 15 is 0 Å². The molecule has 0 radical (unpaired) electrons. The van der Waals surface area contributed by atoms with Gasteiger partial charge in [0.25, 0.3) is 0 Å². The number of nitrogens with one attached hydrogen (secondary N) is 1. The lowest BCUT2D eigenvalue weighted by molar-refractivity contribution is 0.0631. The van der Waals surface area contributed by atoms with E-state index in [1.807, 2.05) is 0 Å². The highest BCUT2D eigenvalue weighted by Gasteiger charge is 2.39. The average Bonchev–Trinajstić information content (AvgIpc) is 2.00. The Kier molecular flexibility index (Phi) is 2.19. The number of hydrogen-bond donors (Lipinski definition) is 2. The van der Waals surface area contributed by atoms with Crippen molar-refractivity contribution in [3.63, 3.8) is 0 Å². The zero-order valence-electron chi connectivity index (χ0n) is 8.13. The van der Waals surface area contributed by atoms with Crippen LogP contribution in [0, 0.1) is 5.92 Å².